The minimum absolute atomic E-state index is 0.648. The molecule has 0 aliphatic rings. The third-order valence-electron chi connectivity index (χ3n) is 6.74. The zero-order chi connectivity index (χ0) is 29.3. The van der Waals surface area contributed by atoms with Gasteiger partial charge in [0.2, 0.25) is 0 Å². The molecule has 0 nitrogen and oxygen atoms in total. The summed E-state index contributed by atoms with van der Waals surface area (Å²) in [5.41, 5.74) is 8.85. The highest BCUT2D eigenvalue weighted by molar-refractivity contribution is 5.19. The van der Waals surface area contributed by atoms with Crippen molar-refractivity contribution < 1.29 is 0 Å². The average Bonchev–Trinajstić information content (AvgIpc) is 2.85. The standard InChI is InChI=1S/C39H62/c1-33(2)21-13-11-10-12-14-23-35(5)27-18-28-36(6)24-15-16-25-37(7)29-19-31-39(9)32-20-30-38(8)26-17-22-34(3)4/h10,12-13,15-16,21-22,24-27,31,33H,11,14,17-20,23,28-30,32H2,1-9H3. The summed E-state index contributed by atoms with van der Waals surface area (Å²) < 4.78 is 0. The van der Waals surface area contributed by atoms with E-state index in [1.54, 1.807) is 0 Å². The van der Waals surface area contributed by atoms with Crippen LogP contribution in [0.1, 0.15) is 133 Å². The fourth-order valence-electron chi connectivity index (χ4n) is 4.10. The average molecular weight is 531 g/mol. The van der Waals surface area contributed by atoms with Crippen molar-refractivity contribution in [3.05, 3.63) is 106 Å². The Balaban J connectivity index is 4.19. The molecule has 0 heterocycles. The van der Waals surface area contributed by atoms with E-state index in [1.165, 1.54) is 59.1 Å². The van der Waals surface area contributed by atoms with Crippen molar-refractivity contribution in [2.75, 3.05) is 0 Å². The molecule has 0 radical (unpaired) electrons. The first-order valence-electron chi connectivity index (χ1n) is 15.5. The summed E-state index contributed by atoms with van der Waals surface area (Å²) in [6.07, 6.45) is 40.3. The Morgan fingerprint density at radius 2 is 1.00 bits per heavy atom. The molecule has 0 aromatic heterocycles. The summed E-state index contributed by atoms with van der Waals surface area (Å²) in [7, 11) is 0. The van der Waals surface area contributed by atoms with E-state index in [1.807, 2.05) is 0 Å². The SMILES string of the molecule is CC(C)=CCC=C(C)CCCC(C)=CCCC(C)=CC=CC=C(C)CCC=C(C)CCC=CCC=CC(C)C. The second kappa shape index (κ2) is 24.7. The second-order valence-corrected chi connectivity index (χ2v) is 11.9. The van der Waals surface area contributed by atoms with Crippen molar-refractivity contribution in [2.24, 2.45) is 5.92 Å². The Morgan fingerprint density at radius 3 is 1.54 bits per heavy atom. The van der Waals surface area contributed by atoms with Crippen molar-refractivity contribution in [3.63, 3.8) is 0 Å². The molecule has 0 spiro atoms. The topological polar surface area (TPSA) is 0 Å². The largest absolute Gasteiger partial charge is 0.0879 e. The molecule has 0 aromatic carbocycles. The monoisotopic (exact) mass is 530 g/mol. The predicted molar refractivity (Wildman–Crippen MR) is 181 cm³/mol. The van der Waals surface area contributed by atoms with Crippen molar-refractivity contribution >= 4 is 0 Å². The Labute approximate surface area is 244 Å². The van der Waals surface area contributed by atoms with Crippen LogP contribution in [0.3, 0.4) is 0 Å². The molecule has 0 saturated heterocycles. The molecule has 218 valence electrons. The van der Waals surface area contributed by atoms with Crippen LogP contribution < -0.4 is 0 Å². The molecule has 0 unspecified atom stereocenters. The zero-order valence-electron chi connectivity index (χ0n) is 27.3. The molecule has 0 atom stereocenters. The molecular weight excluding hydrogens is 468 g/mol. The summed E-state index contributed by atoms with van der Waals surface area (Å²) in [6.45, 7) is 20.1. The smallest absolute Gasteiger partial charge is 0.0164 e. The van der Waals surface area contributed by atoms with Crippen molar-refractivity contribution in [1.82, 2.24) is 0 Å². The van der Waals surface area contributed by atoms with Crippen LogP contribution >= 0.6 is 0 Å². The summed E-state index contributed by atoms with van der Waals surface area (Å²) in [5.74, 6) is 0.648. The molecular formula is C39H62. The van der Waals surface area contributed by atoms with E-state index >= 15 is 0 Å². The number of hydrogen-bond donors (Lipinski definition) is 0. The first kappa shape index (κ1) is 36.7. The minimum Gasteiger partial charge on any atom is -0.0879 e. The van der Waals surface area contributed by atoms with Gasteiger partial charge in [-0.2, -0.15) is 0 Å². The molecule has 0 aromatic rings. The lowest BCUT2D eigenvalue weighted by Crippen LogP contribution is -1.83. The van der Waals surface area contributed by atoms with E-state index in [0.29, 0.717) is 5.92 Å². The minimum atomic E-state index is 0.648. The lowest BCUT2D eigenvalue weighted by Gasteiger charge is -2.03. The van der Waals surface area contributed by atoms with E-state index < -0.39 is 0 Å². The normalized spacial score (nSPS) is 14.6. The van der Waals surface area contributed by atoms with Gasteiger partial charge in [0.25, 0.3) is 0 Å². The van der Waals surface area contributed by atoms with Gasteiger partial charge in [-0.25, -0.2) is 0 Å². The van der Waals surface area contributed by atoms with Gasteiger partial charge in [-0.3, -0.25) is 0 Å². The molecule has 0 bridgehead atoms. The maximum absolute atomic E-state index is 2.43. The van der Waals surface area contributed by atoms with E-state index in [0.717, 1.165) is 44.9 Å². The summed E-state index contributed by atoms with van der Waals surface area (Å²) in [4.78, 5) is 0. The highest BCUT2D eigenvalue weighted by atomic mass is 14.0. The van der Waals surface area contributed by atoms with Gasteiger partial charge in [0, 0.05) is 0 Å². The Bertz CT molecular complexity index is 911. The number of allylic oxidation sites excluding steroid dienone is 18. The molecule has 39 heavy (non-hydrogen) atoms. The first-order valence-corrected chi connectivity index (χ1v) is 15.5. The third-order valence-corrected chi connectivity index (χ3v) is 6.74. The number of rotatable bonds is 20. The van der Waals surface area contributed by atoms with Crippen molar-refractivity contribution in [2.45, 2.75) is 133 Å². The van der Waals surface area contributed by atoms with Gasteiger partial charge in [-0.1, -0.05) is 120 Å². The summed E-state index contributed by atoms with van der Waals surface area (Å²) in [5, 5.41) is 0. The lowest BCUT2D eigenvalue weighted by atomic mass is 10.0. The van der Waals surface area contributed by atoms with Crippen LogP contribution in [0.2, 0.25) is 0 Å². The van der Waals surface area contributed by atoms with Crippen LogP contribution in [0.5, 0.6) is 0 Å². The third kappa shape index (κ3) is 27.0. The van der Waals surface area contributed by atoms with Crippen LogP contribution in [0.4, 0.5) is 0 Å². The molecule has 0 heteroatoms. The van der Waals surface area contributed by atoms with E-state index in [2.05, 4.69) is 135 Å². The van der Waals surface area contributed by atoms with E-state index in [-0.39, 0.29) is 0 Å². The lowest BCUT2D eigenvalue weighted by molar-refractivity contribution is 0.794. The van der Waals surface area contributed by atoms with Crippen molar-refractivity contribution in [1.29, 1.82) is 0 Å². The Morgan fingerprint density at radius 1 is 0.487 bits per heavy atom. The zero-order valence-corrected chi connectivity index (χ0v) is 27.3. The second-order valence-electron chi connectivity index (χ2n) is 11.9. The van der Waals surface area contributed by atoms with Gasteiger partial charge in [0.1, 0.15) is 0 Å². The van der Waals surface area contributed by atoms with Gasteiger partial charge < -0.3 is 0 Å². The highest BCUT2D eigenvalue weighted by Gasteiger charge is 1.95. The van der Waals surface area contributed by atoms with Gasteiger partial charge in [0.15, 0.2) is 0 Å². The molecule has 0 aliphatic carbocycles. The Kier molecular flexibility index (Phi) is 23.2. The van der Waals surface area contributed by atoms with E-state index in [4.69, 9.17) is 0 Å². The predicted octanol–water partition coefficient (Wildman–Crippen LogP) is 13.3. The maximum atomic E-state index is 2.43. The fourth-order valence-corrected chi connectivity index (χ4v) is 4.10. The van der Waals surface area contributed by atoms with Crippen molar-refractivity contribution in [3.8, 4) is 0 Å². The van der Waals surface area contributed by atoms with Crippen LogP contribution in [-0.4, -0.2) is 0 Å². The Hall–Kier alpha value is -2.34. The van der Waals surface area contributed by atoms with E-state index in [9.17, 15) is 0 Å². The molecule has 0 aliphatic heterocycles. The molecule has 0 saturated carbocycles. The molecule has 0 fully saturated rings. The summed E-state index contributed by atoms with van der Waals surface area (Å²) >= 11 is 0. The molecule has 0 amide bonds. The quantitative estimate of drug-likeness (QED) is 0.108. The van der Waals surface area contributed by atoms with Gasteiger partial charge in [0.05, 0.1) is 0 Å². The highest BCUT2D eigenvalue weighted by Crippen LogP contribution is 2.15. The maximum Gasteiger partial charge on any atom is -0.0164 e. The fraction of sp³-hybridized carbons (Fsp3) is 0.538. The number of hydrogen-bond acceptors (Lipinski definition) is 0. The van der Waals surface area contributed by atoms with Crippen LogP contribution in [0.15, 0.2) is 106 Å². The van der Waals surface area contributed by atoms with Crippen LogP contribution in [0, 0.1) is 5.92 Å². The van der Waals surface area contributed by atoms with Gasteiger partial charge in [-0.15, -0.1) is 0 Å². The summed E-state index contributed by atoms with van der Waals surface area (Å²) in [6, 6.07) is 0. The van der Waals surface area contributed by atoms with Gasteiger partial charge >= 0.3 is 0 Å². The van der Waals surface area contributed by atoms with Gasteiger partial charge in [-0.05, 0) is 125 Å². The molecule has 0 rings (SSSR count). The van der Waals surface area contributed by atoms with Crippen LogP contribution in [0.25, 0.3) is 0 Å². The molecule has 0 N–H and O–H groups in total. The van der Waals surface area contributed by atoms with Crippen LogP contribution in [-0.2, 0) is 0 Å². The first-order chi connectivity index (χ1) is 18.6.